The first kappa shape index (κ1) is 21.4. The minimum absolute atomic E-state index is 0.227. The molecule has 2 amide bonds. The first-order chi connectivity index (χ1) is 14.5. The molecule has 0 aliphatic carbocycles. The molecule has 0 unspecified atom stereocenters. The highest BCUT2D eigenvalue weighted by molar-refractivity contribution is 5.97. The fourth-order valence-corrected chi connectivity index (χ4v) is 3.19. The van der Waals surface area contributed by atoms with E-state index < -0.39 is 11.8 Å². The van der Waals surface area contributed by atoms with Gasteiger partial charge in [0.1, 0.15) is 6.61 Å². The van der Waals surface area contributed by atoms with Crippen molar-refractivity contribution in [1.29, 1.82) is 0 Å². The third kappa shape index (κ3) is 5.21. The van der Waals surface area contributed by atoms with Crippen molar-refractivity contribution in [2.45, 2.75) is 13.0 Å². The number of nitrogens with one attached hydrogen (secondary N) is 2. The summed E-state index contributed by atoms with van der Waals surface area (Å²) in [5.74, 6) is -1.06. The Morgan fingerprint density at radius 3 is 2.03 bits per heavy atom. The summed E-state index contributed by atoms with van der Waals surface area (Å²) < 4.78 is 0. The average Bonchev–Trinajstić information content (AvgIpc) is 2.77. The molecule has 3 N–H and O–H groups in total. The van der Waals surface area contributed by atoms with E-state index in [2.05, 4.69) is 42.7 Å². The van der Waals surface area contributed by atoms with Crippen LogP contribution in [-0.2, 0) is 17.9 Å². The van der Waals surface area contributed by atoms with Crippen molar-refractivity contribution in [3.63, 3.8) is 0 Å². The fraction of sp³-hybridized carbons (Fsp3) is 0.217. The summed E-state index contributed by atoms with van der Waals surface area (Å²) in [5, 5.41) is 10.9. The topological polar surface area (TPSA) is 90.9 Å². The molecule has 30 heavy (non-hydrogen) atoms. The maximum atomic E-state index is 12.3. The van der Waals surface area contributed by atoms with Crippen molar-refractivity contribution in [2.24, 2.45) is 0 Å². The van der Waals surface area contributed by atoms with E-state index in [-0.39, 0.29) is 12.2 Å². The average molecular weight is 407 g/mol. The van der Waals surface area contributed by atoms with Crippen molar-refractivity contribution in [1.82, 2.24) is 15.9 Å². The van der Waals surface area contributed by atoms with E-state index in [0.717, 1.165) is 23.9 Å². The molecule has 0 radical (unpaired) electrons. The standard InChI is InChI=1S/C23H25N3O4/c1-26(2)14-13-16-7-12-19(21-6-4-3-5-20(16)21)15-30-25-23(28)18-10-8-17(9-11-18)22(27)24-29/h3-12,29H,13-15H2,1-2H3,(H,24,27)(H,25,28). The van der Waals surface area contributed by atoms with Crippen LogP contribution in [0.15, 0.2) is 60.7 Å². The Morgan fingerprint density at radius 2 is 1.43 bits per heavy atom. The molecule has 3 aromatic carbocycles. The highest BCUT2D eigenvalue weighted by Gasteiger charge is 2.10. The Labute approximate surface area is 175 Å². The Morgan fingerprint density at radius 1 is 0.867 bits per heavy atom. The van der Waals surface area contributed by atoms with Gasteiger partial charge in [-0.25, -0.2) is 11.0 Å². The summed E-state index contributed by atoms with van der Waals surface area (Å²) in [5.41, 5.74) is 6.83. The minimum atomic E-state index is -0.640. The van der Waals surface area contributed by atoms with Crippen LogP contribution in [0.5, 0.6) is 0 Å². The number of benzene rings is 3. The van der Waals surface area contributed by atoms with Crippen LogP contribution in [0, 0.1) is 0 Å². The van der Waals surface area contributed by atoms with E-state index in [1.54, 1.807) is 5.48 Å². The lowest BCUT2D eigenvalue weighted by Gasteiger charge is -2.14. The third-order valence-electron chi connectivity index (χ3n) is 4.84. The van der Waals surface area contributed by atoms with Crippen molar-refractivity contribution in [3.05, 3.63) is 82.9 Å². The van der Waals surface area contributed by atoms with Gasteiger partial charge in [0, 0.05) is 17.7 Å². The quantitative estimate of drug-likeness (QED) is 0.395. The predicted octanol–water partition coefficient (Wildman–Crippen LogP) is 2.92. The van der Waals surface area contributed by atoms with Gasteiger partial charge in [-0.15, -0.1) is 0 Å². The number of carbonyl (C=O) groups excluding carboxylic acids is 2. The Hall–Kier alpha value is -3.26. The first-order valence-electron chi connectivity index (χ1n) is 9.60. The van der Waals surface area contributed by atoms with E-state index in [0.29, 0.717) is 5.56 Å². The van der Waals surface area contributed by atoms with E-state index in [9.17, 15) is 9.59 Å². The van der Waals surface area contributed by atoms with Gasteiger partial charge in [0.15, 0.2) is 0 Å². The minimum Gasteiger partial charge on any atom is -0.309 e. The van der Waals surface area contributed by atoms with Crippen molar-refractivity contribution < 1.29 is 19.6 Å². The van der Waals surface area contributed by atoms with Gasteiger partial charge in [0.05, 0.1) is 0 Å². The summed E-state index contributed by atoms with van der Waals surface area (Å²) >= 11 is 0. The van der Waals surface area contributed by atoms with Gasteiger partial charge in [0.25, 0.3) is 11.8 Å². The number of hydrogen-bond acceptors (Lipinski definition) is 5. The van der Waals surface area contributed by atoms with Crippen LogP contribution in [0.4, 0.5) is 0 Å². The van der Waals surface area contributed by atoms with Gasteiger partial charge in [-0.1, -0.05) is 36.4 Å². The smallest absolute Gasteiger partial charge is 0.274 e. The number of likely N-dealkylation sites (N-methyl/N-ethyl adjacent to an activating group) is 1. The molecule has 0 aliphatic rings. The zero-order valence-corrected chi connectivity index (χ0v) is 17.0. The number of fused-ring (bicyclic) bond motifs is 1. The SMILES string of the molecule is CN(C)CCc1ccc(CONC(=O)c2ccc(C(=O)NO)cc2)c2ccccc12. The number of carbonyl (C=O) groups is 2. The van der Waals surface area contributed by atoms with Crippen LogP contribution in [-0.4, -0.2) is 42.6 Å². The maximum absolute atomic E-state index is 12.3. The second-order valence-corrected chi connectivity index (χ2v) is 7.22. The maximum Gasteiger partial charge on any atom is 0.274 e. The van der Waals surface area contributed by atoms with Crippen LogP contribution < -0.4 is 11.0 Å². The van der Waals surface area contributed by atoms with E-state index in [1.165, 1.54) is 35.2 Å². The second-order valence-electron chi connectivity index (χ2n) is 7.22. The van der Waals surface area contributed by atoms with Crippen LogP contribution >= 0.6 is 0 Å². The molecule has 3 rings (SSSR count). The molecule has 0 saturated heterocycles. The van der Waals surface area contributed by atoms with Gasteiger partial charge in [0.2, 0.25) is 0 Å². The summed E-state index contributed by atoms with van der Waals surface area (Å²) in [4.78, 5) is 31.2. The van der Waals surface area contributed by atoms with Gasteiger partial charge in [-0.05, 0) is 66.7 Å². The number of amides is 2. The van der Waals surface area contributed by atoms with Gasteiger partial charge < -0.3 is 4.90 Å². The van der Waals surface area contributed by atoms with Gasteiger partial charge in [-0.2, -0.15) is 0 Å². The molecule has 0 bridgehead atoms. The number of hydrogen-bond donors (Lipinski definition) is 3. The molecular formula is C23H25N3O4. The van der Waals surface area contributed by atoms with Crippen LogP contribution in [0.2, 0.25) is 0 Å². The molecule has 3 aromatic rings. The molecule has 0 atom stereocenters. The zero-order chi connectivity index (χ0) is 21.5. The summed E-state index contributed by atoms with van der Waals surface area (Å²) in [6.07, 6.45) is 0.954. The second kappa shape index (κ2) is 9.98. The lowest BCUT2D eigenvalue weighted by molar-refractivity contribution is 0.0237. The van der Waals surface area contributed by atoms with Gasteiger partial charge >= 0.3 is 0 Å². The number of nitrogens with zero attached hydrogens (tertiary/aromatic N) is 1. The van der Waals surface area contributed by atoms with E-state index >= 15 is 0 Å². The molecule has 156 valence electrons. The summed E-state index contributed by atoms with van der Waals surface area (Å²) in [6.45, 7) is 1.19. The summed E-state index contributed by atoms with van der Waals surface area (Å²) in [6, 6.07) is 18.2. The zero-order valence-electron chi connectivity index (χ0n) is 17.0. The molecular weight excluding hydrogens is 382 g/mol. The molecule has 7 nitrogen and oxygen atoms in total. The van der Waals surface area contributed by atoms with Crippen molar-refractivity contribution >= 4 is 22.6 Å². The molecule has 0 aliphatic heterocycles. The van der Waals surface area contributed by atoms with Crippen molar-refractivity contribution in [3.8, 4) is 0 Å². The molecule has 0 heterocycles. The Bertz CT molecular complexity index is 1030. The van der Waals surface area contributed by atoms with Crippen LogP contribution in [0.3, 0.4) is 0 Å². The normalized spacial score (nSPS) is 10.9. The monoisotopic (exact) mass is 407 g/mol. The van der Waals surface area contributed by atoms with Crippen LogP contribution in [0.1, 0.15) is 31.8 Å². The van der Waals surface area contributed by atoms with E-state index in [1.807, 2.05) is 18.2 Å². The first-order valence-corrected chi connectivity index (χ1v) is 9.60. The predicted molar refractivity (Wildman–Crippen MR) is 114 cm³/mol. The highest BCUT2D eigenvalue weighted by Crippen LogP contribution is 2.24. The lowest BCUT2D eigenvalue weighted by Crippen LogP contribution is -2.24. The molecule has 0 aromatic heterocycles. The summed E-state index contributed by atoms with van der Waals surface area (Å²) in [7, 11) is 4.12. The van der Waals surface area contributed by atoms with Crippen LogP contribution in [0.25, 0.3) is 10.8 Å². The van der Waals surface area contributed by atoms with E-state index in [4.69, 9.17) is 10.0 Å². The molecule has 0 saturated carbocycles. The molecule has 0 spiro atoms. The fourth-order valence-electron chi connectivity index (χ4n) is 3.19. The molecule has 0 fully saturated rings. The number of hydroxylamine groups is 2. The molecule has 7 heteroatoms. The van der Waals surface area contributed by atoms with Crippen molar-refractivity contribution in [2.75, 3.05) is 20.6 Å². The third-order valence-corrected chi connectivity index (χ3v) is 4.84. The van der Waals surface area contributed by atoms with Gasteiger partial charge in [-0.3, -0.25) is 19.6 Å². The highest BCUT2D eigenvalue weighted by atomic mass is 16.6. The lowest BCUT2D eigenvalue weighted by atomic mass is 9.98. The Balaban J connectivity index is 1.65. The largest absolute Gasteiger partial charge is 0.309 e. The Kier molecular flexibility index (Phi) is 7.13. The number of rotatable bonds is 8.